The van der Waals surface area contributed by atoms with Gasteiger partial charge in [-0.2, -0.15) is 0 Å². The van der Waals surface area contributed by atoms with Gasteiger partial charge in [0.15, 0.2) is 0 Å². The van der Waals surface area contributed by atoms with Crippen molar-refractivity contribution in [1.29, 1.82) is 5.41 Å². The second kappa shape index (κ2) is 7.04. The van der Waals surface area contributed by atoms with E-state index in [1.165, 1.54) is 0 Å². The minimum Gasteiger partial charge on any atom is -0.297 e. The SMILES string of the molecule is CC(C)C(C)N1C(=N)CC(c2cccc(-c3cccc(Cl)c3)c2)(C2CC2)C1=O. The summed E-state index contributed by atoms with van der Waals surface area (Å²) in [5.74, 6) is 1.23. The lowest BCUT2D eigenvalue weighted by atomic mass is 9.73. The zero-order chi connectivity index (χ0) is 20.1. The third-order valence-electron chi connectivity index (χ3n) is 6.52. The van der Waals surface area contributed by atoms with Crippen molar-refractivity contribution in [2.45, 2.75) is 51.5 Å². The zero-order valence-corrected chi connectivity index (χ0v) is 17.5. The molecule has 1 heterocycles. The quantitative estimate of drug-likeness (QED) is 0.673. The van der Waals surface area contributed by atoms with Gasteiger partial charge in [0.1, 0.15) is 5.84 Å². The number of hydrogen-bond donors (Lipinski definition) is 1. The summed E-state index contributed by atoms with van der Waals surface area (Å²) in [7, 11) is 0. The van der Waals surface area contributed by atoms with Gasteiger partial charge in [-0.3, -0.25) is 15.1 Å². The van der Waals surface area contributed by atoms with Gasteiger partial charge in [0.2, 0.25) is 5.91 Å². The molecule has 0 aromatic heterocycles. The zero-order valence-electron chi connectivity index (χ0n) is 16.7. The van der Waals surface area contributed by atoms with Crippen LogP contribution in [0.15, 0.2) is 48.5 Å². The number of nitrogens with zero attached hydrogens (tertiary/aromatic N) is 1. The Balaban J connectivity index is 1.79. The number of carbonyl (C=O) groups is 1. The fourth-order valence-electron chi connectivity index (χ4n) is 4.49. The molecule has 1 amide bonds. The Morgan fingerprint density at radius 2 is 1.71 bits per heavy atom. The van der Waals surface area contributed by atoms with Crippen LogP contribution in [0.25, 0.3) is 11.1 Å². The number of amidine groups is 1. The molecule has 4 heteroatoms. The Morgan fingerprint density at radius 1 is 1.07 bits per heavy atom. The van der Waals surface area contributed by atoms with Crippen LogP contribution in [-0.2, 0) is 10.2 Å². The van der Waals surface area contributed by atoms with E-state index in [2.05, 4.69) is 39.0 Å². The van der Waals surface area contributed by atoms with Crippen LogP contribution in [0, 0.1) is 17.2 Å². The summed E-state index contributed by atoms with van der Waals surface area (Å²) >= 11 is 6.19. The maximum Gasteiger partial charge on any atom is 0.239 e. The van der Waals surface area contributed by atoms with Gasteiger partial charge in [-0.15, -0.1) is 0 Å². The monoisotopic (exact) mass is 394 g/mol. The van der Waals surface area contributed by atoms with E-state index in [1.54, 1.807) is 4.90 Å². The van der Waals surface area contributed by atoms with Gasteiger partial charge >= 0.3 is 0 Å². The lowest BCUT2D eigenvalue weighted by Gasteiger charge is -2.32. The van der Waals surface area contributed by atoms with E-state index in [-0.39, 0.29) is 11.9 Å². The molecule has 2 unspecified atom stereocenters. The van der Waals surface area contributed by atoms with E-state index >= 15 is 0 Å². The van der Waals surface area contributed by atoms with Crippen LogP contribution in [0.3, 0.4) is 0 Å². The molecule has 2 aromatic carbocycles. The first kappa shape index (κ1) is 19.2. The molecule has 0 radical (unpaired) electrons. The van der Waals surface area contributed by atoms with Crippen molar-refractivity contribution >= 4 is 23.3 Å². The maximum absolute atomic E-state index is 13.7. The molecule has 1 aliphatic carbocycles. The minimum absolute atomic E-state index is 0.0386. The molecule has 3 nitrogen and oxygen atoms in total. The largest absolute Gasteiger partial charge is 0.297 e. The molecule has 1 saturated carbocycles. The highest BCUT2D eigenvalue weighted by molar-refractivity contribution is 6.30. The summed E-state index contributed by atoms with van der Waals surface area (Å²) in [6.07, 6.45) is 2.63. The lowest BCUT2D eigenvalue weighted by molar-refractivity contribution is -0.133. The van der Waals surface area contributed by atoms with Gasteiger partial charge in [0, 0.05) is 17.5 Å². The van der Waals surface area contributed by atoms with Gasteiger partial charge in [0.05, 0.1) is 5.41 Å². The van der Waals surface area contributed by atoms with Crippen molar-refractivity contribution in [3.63, 3.8) is 0 Å². The minimum atomic E-state index is -0.588. The Morgan fingerprint density at radius 3 is 2.32 bits per heavy atom. The first-order valence-corrected chi connectivity index (χ1v) is 10.5. The highest BCUT2D eigenvalue weighted by Crippen LogP contribution is 2.54. The van der Waals surface area contributed by atoms with Gasteiger partial charge in [-0.1, -0.05) is 61.8 Å². The number of rotatable bonds is 5. The van der Waals surface area contributed by atoms with Crippen LogP contribution in [0.5, 0.6) is 0 Å². The fraction of sp³-hybridized carbons (Fsp3) is 0.417. The molecule has 2 fully saturated rings. The van der Waals surface area contributed by atoms with Crippen molar-refractivity contribution < 1.29 is 4.79 Å². The van der Waals surface area contributed by atoms with Gasteiger partial charge in [-0.25, -0.2) is 0 Å². The molecule has 2 aliphatic rings. The molecule has 4 rings (SSSR count). The Bertz CT molecular complexity index is 934. The standard InChI is InChI=1S/C24H27ClN2O/c1-15(2)16(3)27-22(26)14-24(23(27)28,19-10-11-19)20-8-4-6-17(12-20)18-7-5-9-21(25)13-18/h4-9,12-13,15-16,19,26H,10-11,14H2,1-3H3. The molecule has 2 atom stereocenters. The van der Waals surface area contributed by atoms with Crippen LogP contribution >= 0.6 is 11.6 Å². The lowest BCUT2D eigenvalue weighted by Crippen LogP contribution is -2.45. The number of benzene rings is 2. The third-order valence-corrected chi connectivity index (χ3v) is 6.75. The number of carbonyl (C=O) groups excluding carboxylic acids is 1. The summed E-state index contributed by atoms with van der Waals surface area (Å²) in [6.45, 7) is 6.28. The molecule has 1 N–H and O–H groups in total. The first-order valence-electron chi connectivity index (χ1n) is 10.1. The molecule has 0 spiro atoms. The van der Waals surface area contributed by atoms with E-state index in [9.17, 15) is 4.79 Å². The second-order valence-electron chi connectivity index (χ2n) is 8.62. The summed E-state index contributed by atoms with van der Waals surface area (Å²) < 4.78 is 0. The first-order chi connectivity index (χ1) is 13.3. The highest BCUT2D eigenvalue weighted by atomic mass is 35.5. The highest BCUT2D eigenvalue weighted by Gasteiger charge is 2.59. The van der Waals surface area contributed by atoms with Crippen LogP contribution in [0.4, 0.5) is 0 Å². The van der Waals surface area contributed by atoms with Crippen molar-refractivity contribution in [2.75, 3.05) is 0 Å². The smallest absolute Gasteiger partial charge is 0.239 e. The van der Waals surface area contributed by atoms with E-state index in [1.807, 2.05) is 30.3 Å². The summed E-state index contributed by atoms with van der Waals surface area (Å²) in [6, 6.07) is 16.2. The van der Waals surface area contributed by atoms with Crippen molar-refractivity contribution in [3.05, 3.63) is 59.1 Å². The van der Waals surface area contributed by atoms with Crippen molar-refractivity contribution in [3.8, 4) is 11.1 Å². The molecular formula is C24H27ClN2O. The predicted molar refractivity (Wildman–Crippen MR) is 115 cm³/mol. The van der Waals surface area contributed by atoms with Crippen LogP contribution < -0.4 is 0 Å². The predicted octanol–water partition coefficient (Wildman–Crippen LogP) is 5.91. The molecule has 1 aliphatic heterocycles. The van der Waals surface area contributed by atoms with Gasteiger partial charge in [-0.05, 0) is 60.4 Å². The van der Waals surface area contributed by atoms with Crippen LogP contribution in [0.1, 0.15) is 45.6 Å². The normalized spacial score (nSPS) is 23.5. The molecule has 1 saturated heterocycles. The summed E-state index contributed by atoms with van der Waals surface area (Å²) in [4.78, 5) is 15.5. The van der Waals surface area contributed by atoms with E-state index < -0.39 is 5.41 Å². The summed E-state index contributed by atoms with van der Waals surface area (Å²) in [5.41, 5.74) is 2.57. The molecule has 28 heavy (non-hydrogen) atoms. The van der Waals surface area contributed by atoms with E-state index in [0.717, 1.165) is 29.5 Å². The number of likely N-dealkylation sites (tertiary alicyclic amines) is 1. The third kappa shape index (κ3) is 3.06. The number of nitrogens with one attached hydrogen (secondary N) is 1. The van der Waals surface area contributed by atoms with Gasteiger partial charge < -0.3 is 0 Å². The average Bonchev–Trinajstić information content (AvgIpc) is 3.48. The van der Waals surface area contributed by atoms with Crippen molar-refractivity contribution in [1.82, 2.24) is 4.90 Å². The van der Waals surface area contributed by atoms with Crippen LogP contribution in [-0.4, -0.2) is 22.7 Å². The molecule has 146 valence electrons. The average molecular weight is 395 g/mol. The van der Waals surface area contributed by atoms with E-state index in [0.29, 0.717) is 29.1 Å². The van der Waals surface area contributed by atoms with Gasteiger partial charge in [0.25, 0.3) is 0 Å². The number of halogens is 1. The van der Waals surface area contributed by atoms with Crippen molar-refractivity contribution in [2.24, 2.45) is 11.8 Å². The van der Waals surface area contributed by atoms with Crippen LogP contribution in [0.2, 0.25) is 5.02 Å². The Kier molecular flexibility index (Phi) is 4.83. The van der Waals surface area contributed by atoms with E-state index in [4.69, 9.17) is 17.0 Å². The molecular weight excluding hydrogens is 368 g/mol. The Hall–Kier alpha value is -2.13. The maximum atomic E-state index is 13.7. The number of amides is 1. The molecule has 0 bridgehead atoms. The summed E-state index contributed by atoms with van der Waals surface area (Å²) in [5, 5.41) is 9.32. The Labute approximate surface area is 172 Å². The topological polar surface area (TPSA) is 44.2 Å². The molecule has 2 aromatic rings. The second-order valence-corrected chi connectivity index (χ2v) is 9.06. The fourth-order valence-corrected chi connectivity index (χ4v) is 4.68. The number of hydrogen-bond acceptors (Lipinski definition) is 2.